The van der Waals surface area contributed by atoms with Crippen molar-refractivity contribution in [2.45, 2.75) is 0 Å². The first-order valence-corrected chi connectivity index (χ1v) is 4.95. The van der Waals surface area contributed by atoms with Crippen LogP contribution >= 0.6 is 11.8 Å². The van der Waals surface area contributed by atoms with Crippen LogP contribution in [0.4, 0.5) is 0 Å². The lowest BCUT2D eigenvalue weighted by molar-refractivity contribution is 0.0718. The van der Waals surface area contributed by atoms with Gasteiger partial charge in [0.25, 0.3) is 0 Å². The topological polar surface area (TPSA) is 6.48 Å². The zero-order chi connectivity index (χ0) is 8.81. The van der Waals surface area contributed by atoms with Gasteiger partial charge in [-0.1, -0.05) is 12.2 Å². The first-order valence-electron chi connectivity index (χ1n) is 3.90. The molecule has 0 atom stereocenters. The van der Waals surface area contributed by atoms with Crippen LogP contribution in [0.1, 0.15) is 0 Å². The average Bonchev–Trinajstić information content (AvgIpc) is 2.56. The molecule has 0 radical (unpaired) electrons. The average molecular weight is 182 g/mol. The van der Waals surface area contributed by atoms with Crippen LogP contribution in [0.15, 0.2) is 36.9 Å². The molecule has 1 aliphatic heterocycles. The molecule has 0 fully saturated rings. The molecule has 0 N–H and O–H groups in total. The molecule has 0 saturated carbocycles. The summed E-state index contributed by atoms with van der Waals surface area (Å²) >= 11 is 1.80. The van der Waals surface area contributed by atoms with Gasteiger partial charge in [-0.25, -0.2) is 5.01 Å². The molecule has 0 spiro atoms. The van der Waals surface area contributed by atoms with Gasteiger partial charge in [0.15, 0.2) is 0 Å². The molecule has 0 aromatic rings. The number of nitrogens with zero attached hydrogens (tertiary/aromatic N) is 2. The highest BCUT2D eigenvalue weighted by Gasteiger charge is 2.11. The summed E-state index contributed by atoms with van der Waals surface area (Å²) in [7, 11) is 0. The molecule has 66 valence electrons. The van der Waals surface area contributed by atoms with Gasteiger partial charge in [-0.2, -0.15) is 0 Å². The molecule has 0 amide bonds. The molecule has 1 heterocycles. The molecule has 0 aromatic carbocycles. The van der Waals surface area contributed by atoms with E-state index in [9.17, 15) is 0 Å². The van der Waals surface area contributed by atoms with Crippen molar-refractivity contribution >= 4 is 11.8 Å². The predicted octanol–water partition coefficient (Wildman–Crippen LogP) is 2.05. The molecule has 1 aliphatic rings. The third-order valence-corrected chi connectivity index (χ3v) is 2.31. The van der Waals surface area contributed by atoms with E-state index in [2.05, 4.69) is 34.8 Å². The smallest absolute Gasteiger partial charge is 0.0836 e. The molecule has 2 nitrogen and oxygen atoms in total. The Labute approximate surface area is 78.2 Å². The van der Waals surface area contributed by atoms with E-state index in [0.29, 0.717) is 0 Å². The fourth-order valence-corrected chi connectivity index (χ4v) is 1.75. The van der Waals surface area contributed by atoms with Crippen LogP contribution in [0.2, 0.25) is 0 Å². The van der Waals surface area contributed by atoms with Crippen molar-refractivity contribution in [1.82, 2.24) is 10.0 Å². The van der Waals surface area contributed by atoms with Crippen molar-refractivity contribution in [3.63, 3.8) is 0 Å². The van der Waals surface area contributed by atoms with Gasteiger partial charge in [-0.05, 0) is 5.41 Å². The number of thioether (sulfide) groups is 1. The molecule has 3 heteroatoms. The first kappa shape index (κ1) is 9.42. The van der Waals surface area contributed by atoms with E-state index in [1.54, 1.807) is 11.8 Å². The summed E-state index contributed by atoms with van der Waals surface area (Å²) in [5.74, 6) is 1.00. The Morgan fingerprint density at radius 2 is 2.08 bits per heavy atom. The summed E-state index contributed by atoms with van der Waals surface area (Å²) < 4.78 is 0. The molecule has 0 unspecified atom stereocenters. The van der Waals surface area contributed by atoms with Crippen molar-refractivity contribution in [3.8, 4) is 0 Å². The molecule has 0 bridgehead atoms. The fourth-order valence-electron chi connectivity index (χ4n) is 1.03. The van der Waals surface area contributed by atoms with Crippen molar-refractivity contribution in [3.05, 3.63) is 36.9 Å². The van der Waals surface area contributed by atoms with Crippen molar-refractivity contribution in [1.29, 1.82) is 0 Å². The number of hydrogen-bond donors (Lipinski definition) is 0. The van der Waals surface area contributed by atoms with Crippen molar-refractivity contribution in [2.24, 2.45) is 0 Å². The Morgan fingerprint density at radius 3 is 2.50 bits per heavy atom. The minimum Gasteiger partial charge on any atom is -0.302 e. The second-order valence-electron chi connectivity index (χ2n) is 2.47. The zero-order valence-electron chi connectivity index (χ0n) is 7.15. The molecule has 0 aromatic heterocycles. The highest BCUT2D eigenvalue weighted by Crippen LogP contribution is 2.16. The van der Waals surface area contributed by atoms with E-state index >= 15 is 0 Å². The first-order chi connectivity index (χ1) is 5.88. The number of rotatable bonds is 5. The minimum atomic E-state index is 0.872. The maximum absolute atomic E-state index is 3.72. The Hall–Kier alpha value is -0.670. The summed E-state index contributed by atoms with van der Waals surface area (Å²) in [4.78, 5) is 0. The Balaban J connectivity index is 2.44. The van der Waals surface area contributed by atoms with E-state index in [0.717, 1.165) is 19.0 Å². The van der Waals surface area contributed by atoms with Crippen LogP contribution in [0.25, 0.3) is 0 Å². The third-order valence-electron chi connectivity index (χ3n) is 1.58. The highest BCUT2D eigenvalue weighted by molar-refractivity contribution is 8.02. The maximum Gasteiger partial charge on any atom is 0.0836 e. The zero-order valence-corrected chi connectivity index (χ0v) is 7.96. The summed E-state index contributed by atoms with van der Waals surface area (Å²) in [6, 6.07) is 0. The third kappa shape index (κ3) is 2.43. The van der Waals surface area contributed by atoms with E-state index in [4.69, 9.17) is 0 Å². The number of hydrogen-bond acceptors (Lipinski definition) is 3. The van der Waals surface area contributed by atoms with Crippen LogP contribution in [0.3, 0.4) is 0 Å². The van der Waals surface area contributed by atoms with Crippen LogP contribution < -0.4 is 0 Å². The Kier molecular flexibility index (Phi) is 3.97. The fraction of sp³-hybridized carbons (Fsp3) is 0.333. The normalized spacial score (nSPS) is 15.6. The molecule has 1 rings (SSSR count). The highest BCUT2D eigenvalue weighted by atomic mass is 32.2. The lowest BCUT2D eigenvalue weighted by Crippen LogP contribution is -2.37. The lowest BCUT2D eigenvalue weighted by atomic mass is 10.5. The Bertz CT molecular complexity index is 179. The van der Waals surface area contributed by atoms with Crippen LogP contribution in [-0.4, -0.2) is 29.0 Å². The summed E-state index contributed by atoms with van der Waals surface area (Å²) in [6.07, 6.45) is 5.89. The minimum absolute atomic E-state index is 0.872. The van der Waals surface area contributed by atoms with Gasteiger partial charge < -0.3 is 5.01 Å². The largest absolute Gasteiger partial charge is 0.302 e. The standard InChI is InChI=1S/C9H14N2S/c1-3-5-10(6-4-2)11-7-8-12-9-11/h3-4,7-8H,1-2,5-6,9H2. The lowest BCUT2D eigenvalue weighted by Gasteiger charge is -2.29. The van der Waals surface area contributed by atoms with E-state index in [1.165, 1.54) is 0 Å². The molecule has 0 saturated heterocycles. The summed E-state index contributed by atoms with van der Waals surface area (Å²) in [5.41, 5.74) is 0. The van der Waals surface area contributed by atoms with Gasteiger partial charge in [0, 0.05) is 19.3 Å². The van der Waals surface area contributed by atoms with Crippen molar-refractivity contribution < 1.29 is 0 Å². The van der Waals surface area contributed by atoms with Gasteiger partial charge >= 0.3 is 0 Å². The van der Waals surface area contributed by atoms with E-state index < -0.39 is 0 Å². The van der Waals surface area contributed by atoms with Crippen LogP contribution in [0.5, 0.6) is 0 Å². The molecular weight excluding hydrogens is 168 g/mol. The van der Waals surface area contributed by atoms with Crippen LogP contribution in [0, 0.1) is 0 Å². The quantitative estimate of drug-likeness (QED) is 0.601. The number of hydrazine groups is 1. The van der Waals surface area contributed by atoms with Gasteiger partial charge in [0.1, 0.15) is 0 Å². The Morgan fingerprint density at radius 1 is 1.42 bits per heavy atom. The van der Waals surface area contributed by atoms with E-state index in [-0.39, 0.29) is 0 Å². The predicted molar refractivity (Wildman–Crippen MR) is 55.4 cm³/mol. The molecular formula is C9H14N2S. The monoisotopic (exact) mass is 182 g/mol. The van der Waals surface area contributed by atoms with Crippen LogP contribution in [-0.2, 0) is 0 Å². The van der Waals surface area contributed by atoms with Gasteiger partial charge in [0.05, 0.1) is 5.88 Å². The van der Waals surface area contributed by atoms with E-state index in [1.807, 2.05) is 12.2 Å². The summed E-state index contributed by atoms with van der Waals surface area (Å²) in [5, 5.41) is 6.46. The molecule has 0 aliphatic carbocycles. The SMILES string of the molecule is C=CCN(CC=C)N1C=CSC1. The second-order valence-corrected chi connectivity index (χ2v) is 3.33. The molecule has 12 heavy (non-hydrogen) atoms. The summed E-state index contributed by atoms with van der Waals surface area (Å²) in [6.45, 7) is 9.19. The van der Waals surface area contributed by atoms with Gasteiger partial charge in [-0.15, -0.1) is 24.9 Å². The van der Waals surface area contributed by atoms with Gasteiger partial charge in [-0.3, -0.25) is 0 Å². The maximum atomic E-state index is 3.72. The second kappa shape index (κ2) is 5.06. The van der Waals surface area contributed by atoms with Crippen molar-refractivity contribution in [2.75, 3.05) is 19.0 Å². The van der Waals surface area contributed by atoms with Gasteiger partial charge in [0.2, 0.25) is 0 Å².